The van der Waals surface area contributed by atoms with E-state index in [-0.39, 0.29) is 18.2 Å². The molecule has 1 heterocycles. The molecule has 2 aromatic carbocycles. The number of likely N-dealkylation sites (N-methyl/N-ethyl adjacent to an activating group) is 1. The van der Waals surface area contributed by atoms with Crippen LogP contribution < -0.4 is 5.32 Å². The van der Waals surface area contributed by atoms with Crippen LogP contribution in [0.3, 0.4) is 0 Å². The summed E-state index contributed by atoms with van der Waals surface area (Å²) in [6.45, 7) is 2.86. The number of ketones is 1. The van der Waals surface area contributed by atoms with E-state index in [4.69, 9.17) is 14.6 Å². The standard InChI is InChI=1S/C16H13NO3.C9H17NO4/c18-11-10-17-16(20)14-8-6-13(7-9-14)15(19)12-4-2-1-3-5-12;1-4-14-9(13-3)5-7(8(11)12)10(2)6-9/h1-9,11H,10H2,(H,17,20);7H,4-6H2,1-3H3,(H,11,12). The number of rotatable bonds is 9. The van der Waals surface area contributed by atoms with Crippen LogP contribution >= 0.6 is 0 Å². The minimum absolute atomic E-state index is 0.0243. The van der Waals surface area contributed by atoms with Gasteiger partial charge in [-0.05, 0) is 26.1 Å². The number of likely N-dealkylation sites (tertiary alicyclic amines) is 1. The molecular weight excluding hydrogens is 440 g/mol. The number of methoxy groups -OCH3 is 1. The predicted molar refractivity (Wildman–Crippen MR) is 125 cm³/mol. The Bertz CT molecular complexity index is 979. The highest BCUT2D eigenvalue weighted by molar-refractivity contribution is 6.09. The number of carboxylic acid groups (broad SMARTS) is 1. The highest BCUT2D eigenvalue weighted by Crippen LogP contribution is 2.30. The highest BCUT2D eigenvalue weighted by Gasteiger charge is 2.46. The number of nitrogens with one attached hydrogen (secondary N) is 1. The normalized spacial score (nSPS) is 19.6. The van der Waals surface area contributed by atoms with Crippen LogP contribution in [-0.2, 0) is 19.1 Å². The van der Waals surface area contributed by atoms with E-state index >= 15 is 0 Å². The van der Waals surface area contributed by atoms with E-state index in [1.807, 2.05) is 13.0 Å². The van der Waals surface area contributed by atoms with Gasteiger partial charge in [0.05, 0.1) is 13.1 Å². The Labute approximate surface area is 198 Å². The van der Waals surface area contributed by atoms with Gasteiger partial charge in [0.2, 0.25) is 0 Å². The molecule has 0 bridgehead atoms. The molecule has 0 radical (unpaired) electrons. The first kappa shape index (κ1) is 26.8. The second-order valence-corrected chi connectivity index (χ2v) is 7.67. The number of nitrogens with zero attached hydrogens (tertiary/aromatic N) is 1. The maximum atomic E-state index is 12.2. The van der Waals surface area contributed by atoms with Crippen molar-refractivity contribution in [3.8, 4) is 0 Å². The molecular formula is C25H30N2O7. The van der Waals surface area contributed by atoms with Crippen molar-refractivity contribution in [2.24, 2.45) is 0 Å². The fraction of sp³-hybridized carbons (Fsp3) is 0.360. The zero-order chi connectivity index (χ0) is 25.1. The topological polar surface area (TPSA) is 122 Å². The molecule has 1 amide bonds. The average Bonchev–Trinajstić information content (AvgIpc) is 3.20. The Hall–Kier alpha value is -3.40. The smallest absolute Gasteiger partial charge is 0.321 e. The summed E-state index contributed by atoms with van der Waals surface area (Å²) in [5.74, 6) is -2.00. The van der Waals surface area contributed by atoms with Crippen LogP contribution in [0.4, 0.5) is 0 Å². The van der Waals surface area contributed by atoms with Gasteiger partial charge in [0.15, 0.2) is 11.6 Å². The van der Waals surface area contributed by atoms with Crippen LogP contribution in [0.5, 0.6) is 0 Å². The molecule has 9 heteroatoms. The molecule has 0 spiro atoms. The van der Waals surface area contributed by atoms with E-state index in [0.717, 1.165) is 0 Å². The molecule has 1 aliphatic heterocycles. The van der Waals surface area contributed by atoms with Gasteiger partial charge < -0.3 is 24.7 Å². The van der Waals surface area contributed by atoms with Crippen LogP contribution in [0, 0.1) is 0 Å². The van der Waals surface area contributed by atoms with E-state index in [2.05, 4.69) is 5.32 Å². The molecule has 34 heavy (non-hydrogen) atoms. The van der Waals surface area contributed by atoms with Gasteiger partial charge in [-0.25, -0.2) is 0 Å². The number of benzene rings is 2. The van der Waals surface area contributed by atoms with Crippen molar-refractivity contribution in [1.29, 1.82) is 0 Å². The molecule has 0 aromatic heterocycles. The Morgan fingerprint density at radius 2 is 1.68 bits per heavy atom. The van der Waals surface area contributed by atoms with Crippen molar-refractivity contribution < 1.29 is 33.8 Å². The summed E-state index contributed by atoms with van der Waals surface area (Å²) in [5.41, 5.74) is 1.53. The number of aliphatic carboxylic acids is 1. The number of carbonyl (C=O) groups is 4. The molecule has 1 saturated heterocycles. The molecule has 2 N–H and O–H groups in total. The number of amides is 1. The zero-order valence-corrected chi connectivity index (χ0v) is 19.5. The molecule has 1 aliphatic rings. The summed E-state index contributed by atoms with van der Waals surface area (Å²) in [6.07, 6.45) is 0.994. The monoisotopic (exact) mass is 470 g/mol. The van der Waals surface area contributed by atoms with Gasteiger partial charge in [-0.2, -0.15) is 0 Å². The second-order valence-electron chi connectivity index (χ2n) is 7.67. The van der Waals surface area contributed by atoms with E-state index in [9.17, 15) is 19.2 Å². The molecule has 1 fully saturated rings. The van der Waals surface area contributed by atoms with Crippen LogP contribution in [0.2, 0.25) is 0 Å². The number of carboxylic acids is 1. The molecule has 2 atom stereocenters. The van der Waals surface area contributed by atoms with Gasteiger partial charge in [-0.3, -0.25) is 19.3 Å². The lowest BCUT2D eigenvalue weighted by Gasteiger charge is -2.26. The van der Waals surface area contributed by atoms with Crippen molar-refractivity contribution in [3.05, 3.63) is 71.3 Å². The zero-order valence-electron chi connectivity index (χ0n) is 19.5. The van der Waals surface area contributed by atoms with E-state index in [1.165, 1.54) is 0 Å². The van der Waals surface area contributed by atoms with Crippen molar-refractivity contribution in [2.75, 3.05) is 33.9 Å². The minimum atomic E-state index is -0.828. The summed E-state index contributed by atoms with van der Waals surface area (Å²) >= 11 is 0. The summed E-state index contributed by atoms with van der Waals surface area (Å²) in [7, 11) is 3.31. The van der Waals surface area contributed by atoms with Crippen molar-refractivity contribution in [2.45, 2.75) is 25.2 Å². The fourth-order valence-electron chi connectivity index (χ4n) is 3.62. The number of carbonyl (C=O) groups excluding carboxylic acids is 3. The third-order valence-electron chi connectivity index (χ3n) is 5.38. The highest BCUT2D eigenvalue weighted by atomic mass is 16.7. The largest absolute Gasteiger partial charge is 0.480 e. The number of ether oxygens (including phenoxy) is 2. The third-order valence-corrected chi connectivity index (χ3v) is 5.38. The lowest BCUT2D eigenvalue weighted by Crippen LogP contribution is -2.37. The van der Waals surface area contributed by atoms with Gasteiger partial charge >= 0.3 is 5.97 Å². The Morgan fingerprint density at radius 3 is 2.18 bits per heavy atom. The van der Waals surface area contributed by atoms with E-state index in [1.54, 1.807) is 67.6 Å². The van der Waals surface area contributed by atoms with Crippen molar-refractivity contribution in [1.82, 2.24) is 10.2 Å². The van der Waals surface area contributed by atoms with Gasteiger partial charge in [0.25, 0.3) is 5.91 Å². The Morgan fingerprint density at radius 1 is 1.09 bits per heavy atom. The van der Waals surface area contributed by atoms with Crippen molar-refractivity contribution >= 4 is 23.9 Å². The van der Waals surface area contributed by atoms with E-state index in [0.29, 0.717) is 42.5 Å². The molecule has 0 saturated carbocycles. The molecule has 9 nitrogen and oxygen atoms in total. The summed E-state index contributed by atoms with van der Waals surface area (Å²) in [6, 6.07) is 14.8. The SMILES string of the molecule is CCOC1(OC)CC(C(=O)O)N(C)C1.O=CCNC(=O)c1ccc(C(=O)c2ccccc2)cc1. The quantitative estimate of drug-likeness (QED) is 0.324. The maximum absolute atomic E-state index is 12.2. The molecule has 2 aromatic rings. The number of aldehydes is 1. The third kappa shape index (κ3) is 7.05. The molecule has 182 valence electrons. The maximum Gasteiger partial charge on any atom is 0.321 e. The fourth-order valence-corrected chi connectivity index (χ4v) is 3.62. The lowest BCUT2D eigenvalue weighted by molar-refractivity contribution is -0.210. The summed E-state index contributed by atoms with van der Waals surface area (Å²) < 4.78 is 10.7. The first-order chi connectivity index (χ1) is 16.3. The first-order valence-corrected chi connectivity index (χ1v) is 10.8. The van der Waals surface area contributed by atoms with Gasteiger partial charge in [0.1, 0.15) is 12.3 Å². The van der Waals surface area contributed by atoms with Gasteiger partial charge in [0, 0.05) is 36.8 Å². The minimum Gasteiger partial charge on any atom is -0.480 e. The predicted octanol–water partition coefficient (Wildman–Crippen LogP) is 2.00. The molecule has 2 unspecified atom stereocenters. The number of hydrogen-bond donors (Lipinski definition) is 2. The van der Waals surface area contributed by atoms with Gasteiger partial charge in [-0.1, -0.05) is 42.5 Å². The number of hydrogen-bond acceptors (Lipinski definition) is 7. The molecule has 3 rings (SSSR count). The van der Waals surface area contributed by atoms with Gasteiger partial charge in [-0.15, -0.1) is 0 Å². The lowest BCUT2D eigenvalue weighted by atomic mass is 10.0. The van der Waals surface area contributed by atoms with Crippen LogP contribution in [-0.4, -0.2) is 79.6 Å². The summed E-state index contributed by atoms with van der Waals surface area (Å²) in [5, 5.41) is 11.4. The molecule has 0 aliphatic carbocycles. The van der Waals surface area contributed by atoms with E-state index < -0.39 is 17.8 Å². The van der Waals surface area contributed by atoms with Crippen LogP contribution in [0.1, 0.15) is 39.6 Å². The summed E-state index contributed by atoms with van der Waals surface area (Å²) in [4.78, 5) is 46.5. The first-order valence-electron chi connectivity index (χ1n) is 10.8. The van der Waals surface area contributed by atoms with Crippen LogP contribution in [0.25, 0.3) is 0 Å². The second kappa shape index (κ2) is 12.7. The van der Waals surface area contributed by atoms with Crippen molar-refractivity contribution in [3.63, 3.8) is 0 Å². The Balaban J connectivity index is 0.000000257. The Kier molecular flexibility index (Phi) is 10.1. The average molecular weight is 471 g/mol. The van der Waals surface area contributed by atoms with Crippen LogP contribution in [0.15, 0.2) is 54.6 Å².